The molecule has 1 aliphatic rings. The van der Waals surface area contributed by atoms with Crippen molar-refractivity contribution in [2.24, 2.45) is 0 Å². The number of urea groups is 1. The number of rotatable bonds is 5. The van der Waals surface area contributed by atoms with Gasteiger partial charge in [0.2, 0.25) is 0 Å². The minimum atomic E-state index is -0.281. The van der Waals surface area contributed by atoms with Crippen molar-refractivity contribution in [1.29, 1.82) is 0 Å². The number of likely N-dealkylation sites (tertiary alicyclic amines) is 1. The molecule has 1 saturated heterocycles. The number of anilines is 1. The Labute approximate surface area is 149 Å². The highest BCUT2D eigenvalue weighted by atomic mass is 16.5. The van der Waals surface area contributed by atoms with Crippen LogP contribution in [0.1, 0.15) is 49.0 Å². The Hall–Kier alpha value is -2.08. The molecule has 1 fully saturated rings. The number of amides is 3. The highest BCUT2D eigenvalue weighted by Crippen LogP contribution is 2.22. The van der Waals surface area contributed by atoms with Gasteiger partial charge < -0.3 is 20.3 Å². The predicted octanol–water partition coefficient (Wildman–Crippen LogP) is 3.17. The molecular weight excluding hydrogens is 318 g/mol. The summed E-state index contributed by atoms with van der Waals surface area (Å²) in [6.07, 6.45) is 3.31. The fourth-order valence-corrected chi connectivity index (χ4v) is 3.18. The van der Waals surface area contributed by atoms with Gasteiger partial charge in [-0.25, -0.2) is 4.79 Å². The van der Waals surface area contributed by atoms with E-state index < -0.39 is 0 Å². The third-order valence-corrected chi connectivity index (χ3v) is 4.58. The van der Waals surface area contributed by atoms with Gasteiger partial charge in [-0.1, -0.05) is 0 Å². The van der Waals surface area contributed by atoms with E-state index in [-0.39, 0.29) is 24.0 Å². The average molecular weight is 347 g/mol. The molecule has 0 unspecified atom stereocenters. The molecule has 25 heavy (non-hydrogen) atoms. The van der Waals surface area contributed by atoms with Crippen LogP contribution in [0.2, 0.25) is 0 Å². The number of carbonyl (C=O) groups is 2. The maximum absolute atomic E-state index is 12.7. The van der Waals surface area contributed by atoms with E-state index in [2.05, 4.69) is 17.6 Å². The summed E-state index contributed by atoms with van der Waals surface area (Å²) >= 11 is 0. The number of hydrogen-bond acceptors (Lipinski definition) is 3. The lowest BCUT2D eigenvalue weighted by Crippen LogP contribution is -2.42. The van der Waals surface area contributed by atoms with Crippen LogP contribution >= 0.6 is 0 Å². The smallest absolute Gasteiger partial charge is 0.319 e. The van der Waals surface area contributed by atoms with Crippen molar-refractivity contribution >= 4 is 17.6 Å². The Kier molecular flexibility index (Phi) is 6.82. The zero-order valence-corrected chi connectivity index (χ0v) is 15.6. The monoisotopic (exact) mass is 347 g/mol. The molecule has 3 amide bonds. The number of benzene rings is 1. The quantitative estimate of drug-likeness (QED) is 0.859. The number of methoxy groups -OCH3 is 1. The van der Waals surface area contributed by atoms with Crippen molar-refractivity contribution in [1.82, 2.24) is 10.2 Å². The maximum atomic E-state index is 12.7. The molecule has 6 nitrogen and oxygen atoms in total. The number of aryl methyl sites for hydroxylation is 1. The molecule has 138 valence electrons. The van der Waals surface area contributed by atoms with Crippen LogP contribution in [0, 0.1) is 6.92 Å². The van der Waals surface area contributed by atoms with Gasteiger partial charge in [0.15, 0.2) is 0 Å². The standard InChI is InChI=1S/C19H29N3O3/c1-13-11-16(18(23)22-10-6-5-7-15(22)3)8-9-17(13)21-19(24)20-14(2)12-25-4/h8-9,11,14-15H,5-7,10,12H2,1-4H3,(H2,20,21,24)/t14-,15-/m0/s1. The Morgan fingerprint density at radius 3 is 2.76 bits per heavy atom. The number of nitrogens with one attached hydrogen (secondary N) is 2. The first-order chi connectivity index (χ1) is 11.9. The lowest BCUT2D eigenvalue weighted by molar-refractivity contribution is 0.0635. The van der Waals surface area contributed by atoms with Crippen LogP contribution in [0.15, 0.2) is 18.2 Å². The molecule has 6 heteroatoms. The van der Waals surface area contributed by atoms with Crippen LogP contribution < -0.4 is 10.6 Å². The summed E-state index contributed by atoms with van der Waals surface area (Å²) in [5.74, 6) is 0.0695. The SMILES string of the molecule is COC[C@H](C)NC(=O)Nc1ccc(C(=O)N2CCCC[C@@H]2C)cc1C. The summed E-state index contributed by atoms with van der Waals surface area (Å²) in [7, 11) is 1.60. The van der Waals surface area contributed by atoms with E-state index in [1.54, 1.807) is 19.2 Å². The molecule has 2 N–H and O–H groups in total. The lowest BCUT2D eigenvalue weighted by Gasteiger charge is -2.33. The largest absolute Gasteiger partial charge is 0.383 e. The van der Waals surface area contributed by atoms with E-state index >= 15 is 0 Å². The summed E-state index contributed by atoms with van der Waals surface area (Å²) in [5, 5.41) is 5.62. The van der Waals surface area contributed by atoms with Gasteiger partial charge in [0.05, 0.1) is 12.6 Å². The Bertz CT molecular complexity index is 618. The van der Waals surface area contributed by atoms with Gasteiger partial charge >= 0.3 is 6.03 Å². The summed E-state index contributed by atoms with van der Waals surface area (Å²) in [6.45, 7) is 7.14. The van der Waals surface area contributed by atoms with Crippen LogP contribution in [0.3, 0.4) is 0 Å². The van der Waals surface area contributed by atoms with Gasteiger partial charge in [0, 0.05) is 30.9 Å². The Morgan fingerprint density at radius 2 is 2.12 bits per heavy atom. The minimum absolute atomic E-state index is 0.0695. The molecule has 1 aromatic carbocycles. The van der Waals surface area contributed by atoms with E-state index in [0.29, 0.717) is 17.9 Å². The third kappa shape index (κ3) is 5.19. The van der Waals surface area contributed by atoms with Crippen LogP contribution in [0.4, 0.5) is 10.5 Å². The maximum Gasteiger partial charge on any atom is 0.319 e. The van der Waals surface area contributed by atoms with Crippen molar-refractivity contribution < 1.29 is 14.3 Å². The van der Waals surface area contributed by atoms with Gasteiger partial charge in [0.25, 0.3) is 5.91 Å². The minimum Gasteiger partial charge on any atom is -0.383 e. The van der Waals surface area contributed by atoms with Crippen molar-refractivity contribution in [2.45, 2.75) is 52.1 Å². The molecule has 0 bridgehead atoms. The van der Waals surface area contributed by atoms with Crippen molar-refractivity contribution in [2.75, 3.05) is 25.6 Å². The molecular formula is C19H29N3O3. The predicted molar refractivity (Wildman–Crippen MR) is 99.0 cm³/mol. The third-order valence-electron chi connectivity index (χ3n) is 4.58. The molecule has 2 rings (SSSR count). The molecule has 2 atom stereocenters. The van der Waals surface area contributed by atoms with Gasteiger partial charge in [-0.05, 0) is 63.8 Å². The second kappa shape index (κ2) is 8.85. The van der Waals surface area contributed by atoms with Crippen molar-refractivity contribution in [3.8, 4) is 0 Å². The van der Waals surface area contributed by atoms with Crippen LogP contribution in [0.5, 0.6) is 0 Å². The van der Waals surface area contributed by atoms with E-state index in [4.69, 9.17) is 4.74 Å². The van der Waals surface area contributed by atoms with Gasteiger partial charge in [-0.2, -0.15) is 0 Å². The fraction of sp³-hybridized carbons (Fsp3) is 0.579. The van der Waals surface area contributed by atoms with Crippen LogP contribution in [0.25, 0.3) is 0 Å². The zero-order valence-electron chi connectivity index (χ0n) is 15.6. The first-order valence-electron chi connectivity index (χ1n) is 8.90. The first-order valence-corrected chi connectivity index (χ1v) is 8.90. The van der Waals surface area contributed by atoms with E-state index in [0.717, 1.165) is 24.9 Å². The highest BCUT2D eigenvalue weighted by Gasteiger charge is 2.24. The second-order valence-electron chi connectivity index (χ2n) is 6.83. The molecule has 1 aromatic rings. The summed E-state index contributed by atoms with van der Waals surface area (Å²) < 4.78 is 5.00. The first kappa shape index (κ1) is 19.2. The Morgan fingerprint density at radius 1 is 1.36 bits per heavy atom. The Balaban J connectivity index is 2.02. The van der Waals surface area contributed by atoms with Crippen LogP contribution in [-0.4, -0.2) is 49.2 Å². The molecule has 0 spiro atoms. The summed E-state index contributed by atoms with van der Waals surface area (Å²) in [6, 6.07) is 5.34. The van der Waals surface area contributed by atoms with Gasteiger partial charge in [0.1, 0.15) is 0 Å². The number of ether oxygens (including phenoxy) is 1. The van der Waals surface area contributed by atoms with E-state index in [1.165, 1.54) is 6.42 Å². The summed E-state index contributed by atoms with van der Waals surface area (Å²) in [4.78, 5) is 26.7. The molecule has 1 heterocycles. The number of hydrogen-bond donors (Lipinski definition) is 2. The average Bonchev–Trinajstić information content (AvgIpc) is 2.56. The topological polar surface area (TPSA) is 70.7 Å². The number of carbonyl (C=O) groups excluding carboxylic acids is 2. The van der Waals surface area contributed by atoms with Gasteiger partial charge in [-0.15, -0.1) is 0 Å². The molecule has 0 radical (unpaired) electrons. The van der Waals surface area contributed by atoms with E-state index in [1.807, 2.05) is 24.8 Å². The molecule has 0 aromatic heterocycles. The second-order valence-corrected chi connectivity index (χ2v) is 6.83. The lowest BCUT2D eigenvalue weighted by atomic mass is 10.0. The molecule has 0 aliphatic carbocycles. The highest BCUT2D eigenvalue weighted by molar-refractivity contribution is 5.96. The molecule has 0 saturated carbocycles. The van der Waals surface area contributed by atoms with Gasteiger partial charge in [-0.3, -0.25) is 4.79 Å². The number of nitrogens with zero attached hydrogens (tertiary/aromatic N) is 1. The van der Waals surface area contributed by atoms with Crippen molar-refractivity contribution in [3.63, 3.8) is 0 Å². The molecule has 1 aliphatic heterocycles. The van der Waals surface area contributed by atoms with Crippen LogP contribution in [-0.2, 0) is 4.74 Å². The number of piperidine rings is 1. The summed E-state index contributed by atoms with van der Waals surface area (Å²) in [5.41, 5.74) is 2.24. The normalized spacial score (nSPS) is 18.6. The van der Waals surface area contributed by atoms with E-state index in [9.17, 15) is 9.59 Å². The zero-order chi connectivity index (χ0) is 18.4. The van der Waals surface area contributed by atoms with Crippen molar-refractivity contribution in [3.05, 3.63) is 29.3 Å². The fourth-order valence-electron chi connectivity index (χ4n) is 3.18.